The van der Waals surface area contributed by atoms with Gasteiger partial charge in [-0.3, -0.25) is 0 Å². The van der Waals surface area contributed by atoms with Crippen LogP contribution in [0.4, 0.5) is 0 Å². The Hall–Kier alpha value is -0.120. The third-order valence-corrected chi connectivity index (χ3v) is 13.6. The highest BCUT2D eigenvalue weighted by molar-refractivity contribution is 5.26. The lowest BCUT2D eigenvalue weighted by Crippen LogP contribution is -2.57. The molecule has 3 nitrogen and oxygen atoms in total. The highest BCUT2D eigenvalue weighted by Gasteiger charge is 2.77. The maximum atomic E-state index is 6.34. The van der Waals surface area contributed by atoms with E-state index in [0.29, 0.717) is 28.3 Å². The summed E-state index contributed by atoms with van der Waals surface area (Å²) in [5, 5.41) is 0. The summed E-state index contributed by atoms with van der Waals surface area (Å²) in [4.78, 5) is 0. The summed E-state index contributed by atoms with van der Waals surface area (Å²) >= 11 is 0. The van der Waals surface area contributed by atoms with Gasteiger partial charge in [0.1, 0.15) is 0 Å². The first kappa shape index (κ1) is 26.1. The predicted molar refractivity (Wildman–Crippen MR) is 146 cm³/mol. The fourth-order valence-corrected chi connectivity index (χ4v) is 11.7. The molecule has 0 unspecified atom stereocenters. The minimum atomic E-state index is 0.0651. The smallest absolute Gasteiger partial charge is 0.157 e. The average Bonchev–Trinajstić information content (AvgIpc) is 3.39. The summed E-state index contributed by atoms with van der Waals surface area (Å²) in [6.07, 6.45) is 20.0. The molecule has 0 radical (unpaired) electrons. The Kier molecular flexibility index (Phi) is 7.12. The molecule has 5 saturated carbocycles. The van der Waals surface area contributed by atoms with Gasteiger partial charge in [0.25, 0.3) is 0 Å². The van der Waals surface area contributed by atoms with Crippen molar-refractivity contribution < 1.29 is 14.2 Å². The van der Waals surface area contributed by atoms with Gasteiger partial charge in [-0.05, 0) is 129 Å². The summed E-state index contributed by atoms with van der Waals surface area (Å²) in [7, 11) is 2.03. The van der Waals surface area contributed by atoms with Crippen LogP contribution in [0, 0.1) is 57.7 Å². The lowest BCUT2D eigenvalue weighted by Gasteiger charge is -2.61. The van der Waals surface area contributed by atoms with Crippen LogP contribution >= 0.6 is 0 Å². The van der Waals surface area contributed by atoms with E-state index in [9.17, 15) is 0 Å². The monoisotopic (exact) mass is 500 g/mol. The zero-order chi connectivity index (χ0) is 25.1. The van der Waals surface area contributed by atoms with Gasteiger partial charge in [-0.2, -0.15) is 0 Å². The molecule has 0 aromatic carbocycles. The minimum absolute atomic E-state index is 0.0651. The predicted octanol–water partition coefficient (Wildman–Crippen LogP) is 8.26. The van der Waals surface area contributed by atoms with Crippen LogP contribution in [0.3, 0.4) is 0 Å². The fraction of sp³-hybridized carbons (Fsp3) is 1.00. The lowest BCUT2D eigenvalue weighted by atomic mass is 9.45. The molecule has 1 aliphatic heterocycles. The molecule has 6 aliphatic rings. The number of hydrogen-bond donors (Lipinski definition) is 0. The molecule has 6 rings (SSSR count). The first-order valence-electron chi connectivity index (χ1n) is 16.1. The number of methoxy groups -OCH3 is 1. The molecule has 1 heterocycles. The van der Waals surface area contributed by atoms with Crippen LogP contribution in [0.1, 0.15) is 118 Å². The summed E-state index contributed by atoms with van der Waals surface area (Å²) in [5.74, 6) is 6.24. The molecule has 3 heteroatoms. The zero-order valence-electron chi connectivity index (χ0n) is 24.2. The van der Waals surface area contributed by atoms with Crippen LogP contribution in [0.2, 0.25) is 0 Å². The Morgan fingerprint density at radius 3 is 2.56 bits per heavy atom. The van der Waals surface area contributed by atoms with Crippen molar-refractivity contribution in [3.8, 4) is 0 Å². The van der Waals surface area contributed by atoms with E-state index in [0.717, 1.165) is 55.1 Å². The number of fused-ring (bicyclic) bond motifs is 4. The molecule has 0 N–H and O–H groups in total. The van der Waals surface area contributed by atoms with Crippen LogP contribution in [-0.2, 0) is 14.2 Å². The second kappa shape index (κ2) is 9.81. The third-order valence-electron chi connectivity index (χ3n) is 13.6. The van der Waals surface area contributed by atoms with E-state index in [1.165, 1.54) is 83.5 Å². The highest BCUT2D eigenvalue weighted by atomic mass is 16.7. The van der Waals surface area contributed by atoms with E-state index >= 15 is 0 Å². The lowest BCUT2D eigenvalue weighted by molar-refractivity contribution is -0.168. The van der Waals surface area contributed by atoms with Crippen LogP contribution in [0.15, 0.2) is 0 Å². The van der Waals surface area contributed by atoms with Crippen LogP contribution in [0.25, 0.3) is 0 Å². The van der Waals surface area contributed by atoms with E-state index in [-0.39, 0.29) is 6.29 Å². The molecule has 12 atom stereocenters. The van der Waals surface area contributed by atoms with Gasteiger partial charge >= 0.3 is 0 Å². The van der Waals surface area contributed by atoms with Gasteiger partial charge in [0.2, 0.25) is 0 Å². The fourth-order valence-electron chi connectivity index (χ4n) is 11.7. The Morgan fingerprint density at radius 2 is 1.81 bits per heavy atom. The largest absolute Gasteiger partial charge is 0.381 e. The van der Waals surface area contributed by atoms with Crippen molar-refractivity contribution in [3.63, 3.8) is 0 Å². The third kappa shape index (κ3) is 3.98. The van der Waals surface area contributed by atoms with Crippen molar-refractivity contribution >= 4 is 0 Å². The Morgan fingerprint density at radius 1 is 0.944 bits per heavy atom. The molecule has 0 aromatic rings. The Labute approximate surface area is 222 Å². The van der Waals surface area contributed by atoms with E-state index in [4.69, 9.17) is 14.2 Å². The van der Waals surface area contributed by atoms with Crippen molar-refractivity contribution in [3.05, 3.63) is 0 Å². The summed E-state index contributed by atoms with van der Waals surface area (Å²) in [6.45, 7) is 12.2. The second-order valence-electron chi connectivity index (χ2n) is 15.1. The van der Waals surface area contributed by atoms with Crippen LogP contribution in [0.5, 0.6) is 0 Å². The molecule has 1 saturated heterocycles. The number of ether oxygens (including phenoxy) is 3. The van der Waals surface area contributed by atoms with E-state index in [1.807, 2.05) is 7.11 Å². The van der Waals surface area contributed by atoms with E-state index in [1.54, 1.807) is 0 Å². The maximum absolute atomic E-state index is 6.34. The van der Waals surface area contributed by atoms with Gasteiger partial charge in [-0.15, -0.1) is 0 Å². The molecule has 36 heavy (non-hydrogen) atoms. The molecular formula is C33H56O3. The van der Waals surface area contributed by atoms with Crippen molar-refractivity contribution in [1.29, 1.82) is 0 Å². The zero-order valence-corrected chi connectivity index (χ0v) is 24.2. The first-order valence-corrected chi connectivity index (χ1v) is 16.1. The van der Waals surface area contributed by atoms with Gasteiger partial charge in [0.15, 0.2) is 6.29 Å². The van der Waals surface area contributed by atoms with Crippen LogP contribution < -0.4 is 0 Å². The Balaban J connectivity index is 1.04. The van der Waals surface area contributed by atoms with Gasteiger partial charge < -0.3 is 14.2 Å². The second-order valence-corrected chi connectivity index (χ2v) is 15.1. The summed E-state index contributed by atoms with van der Waals surface area (Å²) in [5.41, 5.74) is 1.69. The molecular weight excluding hydrogens is 444 g/mol. The van der Waals surface area contributed by atoms with Gasteiger partial charge in [0.05, 0.1) is 12.7 Å². The van der Waals surface area contributed by atoms with Crippen molar-refractivity contribution in [2.75, 3.05) is 20.3 Å². The quantitative estimate of drug-likeness (QED) is 0.319. The van der Waals surface area contributed by atoms with Gasteiger partial charge in [-0.25, -0.2) is 0 Å². The molecule has 0 bridgehead atoms. The highest BCUT2D eigenvalue weighted by Crippen LogP contribution is 2.82. The summed E-state index contributed by atoms with van der Waals surface area (Å²) < 4.78 is 18.2. The number of hydrogen-bond acceptors (Lipinski definition) is 3. The average molecular weight is 501 g/mol. The van der Waals surface area contributed by atoms with E-state index in [2.05, 4.69) is 27.7 Å². The molecule has 0 aromatic heterocycles. The minimum Gasteiger partial charge on any atom is -0.381 e. The molecule has 206 valence electrons. The van der Waals surface area contributed by atoms with E-state index < -0.39 is 0 Å². The normalized spacial score (nSPS) is 51.1. The van der Waals surface area contributed by atoms with Crippen molar-refractivity contribution in [1.82, 2.24) is 0 Å². The number of rotatable bonds is 9. The standard InChI is InChI=1S/C33H56O3/c1-22(21-36-30-11-6-7-18-35-30)9-8-10-23(2)26-12-13-27-25-19-29(34-5)33-20-24(33)14-17-32(33,4)28(25)15-16-31(26,27)3/h22-30H,6-21H2,1-5H3/t22-,23+,24+,25+,26+,27-,28-,29+,30+,31+,32+,33-/m0/s1. The van der Waals surface area contributed by atoms with Gasteiger partial charge in [-0.1, -0.05) is 40.5 Å². The topological polar surface area (TPSA) is 27.7 Å². The molecule has 6 fully saturated rings. The molecule has 0 amide bonds. The Bertz CT molecular complexity index is 777. The van der Waals surface area contributed by atoms with Crippen LogP contribution in [-0.4, -0.2) is 32.7 Å². The molecule has 1 spiro atoms. The molecule has 5 aliphatic carbocycles. The van der Waals surface area contributed by atoms with Gasteiger partial charge in [0, 0.05) is 19.1 Å². The van der Waals surface area contributed by atoms with Crippen molar-refractivity contribution in [2.45, 2.75) is 130 Å². The van der Waals surface area contributed by atoms with Crippen molar-refractivity contribution in [2.24, 2.45) is 57.7 Å². The SMILES string of the molecule is CO[C@@H]1C[C@@H]2[C@@H]3CC[C@H]([C@H](C)CCC[C@H](C)CO[C@@H]4CCCCO4)[C@@]3(C)CC[C@@H]2[C@@]2(C)CC[C@@H]3C[C@]312. The maximum Gasteiger partial charge on any atom is 0.157 e. The first-order chi connectivity index (χ1) is 17.3. The summed E-state index contributed by atoms with van der Waals surface area (Å²) in [6, 6.07) is 0.